The first-order chi connectivity index (χ1) is 13.6. The van der Waals surface area contributed by atoms with Crippen molar-refractivity contribution < 1.29 is 48.1 Å². The molecule has 0 unspecified atom stereocenters. The second-order valence-electron chi connectivity index (χ2n) is 5.51. The predicted molar refractivity (Wildman–Crippen MR) is 104 cm³/mol. The summed E-state index contributed by atoms with van der Waals surface area (Å²) in [6.45, 7) is 4.50. The largest absolute Gasteiger partial charge is 2.00 e. The first kappa shape index (κ1) is 34.8. The van der Waals surface area contributed by atoms with Gasteiger partial charge in [0.1, 0.15) is 0 Å². The zero-order valence-corrected chi connectivity index (χ0v) is 22.9. The quantitative estimate of drug-likeness (QED) is 0.121. The van der Waals surface area contributed by atoms with Crippen LogP contribution in [-0.4, -0.2) is 169 Å². The second kappa shape index (κ2) is 31.4. The van der Waals surface area contributed by atoms with E-state index in [0.717, 1.165) is 0 Å². The van der Waals surface area contributed by atoms with Crippen molar-refractivity contribution in [2.45, 2.75) is 12.2 Å². The van der Waals surface area contributed by atoms with Gasteiger partial charge in [-0.05, 0) is 0 Å². The fourth-order valence-electron chi connectivity index (χ4n) is 1.52. The second-order valence-corrected chi connectivity index (χ2v) is 5.51. The molecule has 0 spiro atoms. The van der Waals surface area contributed by atoms with E-state index in [2.05, 4.69) is 0 Å². The summed E-state index contributed by atoms with van der Waals surface area (Å²) in [7, 11) is 6.36. The van der Waals surface area contributed by atoms with Crippen LogP contribution < -0.4 is 10.2 Å². The van der Waals surface area contributed by atoms with Crippen LogP contribution in [0.2, 0.25) is 0 Å². The van der Waals surface area contributed by atoms with Crippen LogP contribution in [-0.2, 0) is 37.9 Å². The molecule has 0 atom stereocenters. The van der Waals surface area contributed by atoms with Crippen LogP contribution in [0.25, 0.3) is 0 Å². The molecule has 0 aliphatic rings. The Morgan fingerprint density at radius 1 is 0.448 bits per heavy atom. The predicted octanol–water partition coefficient (Wildman–Crippen LogP) is -2.30. The Hall–Kier alpha value is 1.17. The summed E-state index contributed by atoms with van der Waals surface area (Å²) in [6.07, 6.45) is -1.66. The van der Waals surface area contributed by atoms with Crippen molar-refractivity contribution in [3.63, 3.8) is 0 Å². The Morgan fingerprint density at radius 3 is 0.828 bits per heavy atom. The maximum Gasteiger partial charge on any atom is 2.00 e. The van der Waals surface area contributed by atoms with Gasteiger partial charge < -0.3 is 48.1 Å². The van der Waals surface area contributed by atoms with Gasteiger partial charge in [-0.15, -0.1) is 0 Å². The van der Waals surface area contributed by atoms with Crippen molar-refractivity contribution in [1.82, 2.24) is 0 Å². The fourth-order valence-corrected chi connectivity index (χ4v) is 1.52. The van der Waals surface area contributed by atoms with Crippen LogP contribution in [0.15, 0.2) is 0 Å². The molecule has 0 saturated heterocycles. The third-order valence-electron chi connectivity index (χ3n) is 2.94. The zero-order valence-electron chi connectivity index (χ0n) is 18.4. The Kier molecular flexibility index (Phi) is 37.6. The van der Waals surface area contributed by atoms with Gasteiger partial charge in [0.25, 0.3) is 0 Å². The van der Waals surface area contributed by atoms with E-state index in [1.807, 2.05) is 0 Å². The Labute approximate surface area is 215 Å². The molecule has 0 aromatic rings. The van der Waals surface area contributed by atoms with Crippen LogP contribution in [0.3, 0.4) is 0 Å². The number of rotatable bonds is 20. The molecule has 0 saturated carbocycles. The number of ether oxygens (including phenoxy) is 8. The molecule has 0 aromatic carbocycles. The summed E-state index contributed by atoms with van der Waals surface area (Å²) in [4.78, 5) is 0. The zero-order chi connectivity index (χ0) is 21.3. The molecule has 0 amide bonds. The summed E-state index contributed by atoms with van der Waals surface area (Å²) in [5.41, 5.74) is 0. The first-order valence-electron chi connectivity index (χ1n) is 9.20. The Bertz CT molecular complexity index is 227. The van der Waals surface area contributed by atoms with Crippen LogP contribution in [0.4, 0.5) is 0 Å². The van der Waals surface area contributed by atoms with Gasteiger partial charge in [0.2, 0.25) is 0 Å². The summed E-state index contributed by atoms with van der Waals surface area (Å²) in [5, 5.41) is 22.2. The minimum Gasteiger partial charge on any atom is -0.849 e. The minimum atomic E-state index is -0.830. The van der Waals surface area contributed by atoms with Crippen molar-refractivity contribution in [2.24, 2.45) is 0 Å². The van der Waals surface area contributed by atoms with E-state index in [1.165, 1.54) is 0 Å². The molecule has 0 aromatic heterocycles. The van der Waals surface area contributed by atoms with E-state index < -0.39 is 12.2 Å². The van der Waals surface area contributed by atoms with Gasteiger partial charge in [0.05, 0.1) is 52.9 Å². The molecule has 0 radical (unpaired) electrons. The molecule has 0 aliphatic carbocycles. The van der Waals surface area contributed by atoms with Gasteiger partial charge in [-0.3, -0.25) is 0 Å². The summed E-state index contributed by atoms with van der Waals surface area (Å²) >= 11 is 0. The summed E-state index contributed by atoms with van der Waals surface area (Å²) in [5.74, 6) is 0. The number of hydrogen-bond donors (Lipinski definition) is 0. The molecule has 11 heteroatoms. The van der Waals surface area contributed by atoms with Crippen LogP contribution in [0, 0.1) is 0 Å². The third kappa shape index (κ3) is 34.0. The van der Waals surface area contributed by atoms with Crippen molar-refractivity contribution in [2.75, 3.05) is 108 Å². The molecule has 0 fully saturated rings. The van der Waals surface area contributed by atoms with E-state index in [-0.39, 0.29) is 75.3 Å². The van der Waals surface area contributed by atoms with Crippen molar-refractivity contribution in [3.05, 3.63) is 0 Å². The maximum absolute atomic E-state index is 11.1. The summed E-state index contributed by atoms with van der Waals surface area (Å²) < 4.78 is 39.2. The van der Waals surface area contributed by atoms with Crippen LogP contribution in [0.1, 0.15) is 0 Å². The Morgan fingerprint density at radius 2 is 0.655 bits per heavy atom. The summed E-state index contributed by atoms with van der Waals surface area (Å²) in [6, 6.07) is 0. The molecular weight excluding hydrogens is 514 g/mol. The standard InChI is InChI=1S/2C9H19O5.Ba/c2*1-11-3-5-13-7-9(10)8-14-6-4-12-2;/h2*9H,3-8H2,1-2H3;/q2*-1;+2. The molecule has 0 rings (SSSR count). The molecule has 0 bridgehead atoms. The average molecular weight is 552 g/mol. The van der Waals surface area contributed by atoms with Gasteiger partial charge in [-0.1, -0.05) is 12.2 Å². The maximum atomic E-state index is 11.1. The Balaban J connectivity index is -0.000000451. The van der Waals surface area contributed by atoms with E-state index in [1.54, 1.807) is 28.4 Å². The minimum absolute atomic E-state index is 0. The monoisotopic (exact) mass is 552 g/mol. The van der Waals surface area contributed by atoms with Crippen molar-refractivity contribution >= 4 is 48.9 Å². The fraction of sp³-hybridized carbons (Fsp3) is 1.00. The van der Waals surface area contributed by atoms with Crippen molar-refractivity contribution in [3.8, 4) is 0 Å². The van der Waals surface area contributed by atoms with E-state index in [9.17, 15) is 10.2 Å². The van der Waals surface area contributed by atoms with E-state index >= 15 is 0 Å². The van der Waals surface area contributed by atoms with Crippen molar-refractivity contribution in [1.29, 1.82) is 0 Å². The smallest absolute Gasteiger partial charge is 0.849 e. The molecule has 0 N–H and O–H groups in total. The molecule has 0 aliphatic heterocycles. The van der Waals surface area contributed by atoms with E-state index in [4.69, 9.17) is 37.9 Å². The molecule has 0 heterocycles. The van der Waals surface area contributed by atoms with Gasteiger partial charge in [0.15, 0.2) is 0 Å². The van der Waals surface area contributed by atoms with E-state index in [0.29, 0.717) is 52.9 Å². The molecule has 10 nitrogen and oxygen atoms in total. The van der Waals surface area contributed by atoms with Crippen LogP contribution >= 0.6 is 0 Å². The van der Waals surface area contributed by atoms with Crippen LogP contribution in [0.5, 0.6) is 0 Å². The topological polar surface area (TPSA) is 120 Å². The van der Waals surface area contributed by atoms with Gasteiger partial charge in [0, 0.05) is 54.9 Å². The van der Waals surface area contributed by atoms with Gasteiger partial charge in [-0.2, -0.15) is 0 Å². The first-order valence-corrected chi connectivity index (χ1v) is 9.20. The number of hydrogen-bond acceptors (Lipinski definition) is 10. The average Bonchev–Trinajstić information content (AvgIpc) is 2.70. The normalized spacial score (nSPS) is 10.8. The molecule has 29 heavy (non-hydrogen) atoms. The number of methoxy groups -OCH3 is 4. The van der Waals surface area contributed by atoms with Gasteiger partial charge in [-0.25, -0.2) is 0 Å². The molecular formula is C18H38BaO10. The SMILES string of the molecule is COCCOCC([O-])COCCOC.COCCOCC([O-])COCCOC.[Ba+2]. The van der Waals surface area contributed by atoms with Gasteiger partial charge >= 0.3 is 48.9 Å². The molecule has 172 valence electrons. The third-order valence-corrected chi connectivity index (χ3v) is 2.94.